The van der Waals surface area contributed by atoms with E-state index in [1.54, 1.807) is 36.4 Å². The number of aromatic hydroxyl groups is 1. The third kappa shape index (κ3) is 3.04. The first-order chi connectivity index (χ1) is 14.4. The standard InChI is InChI=1S/C23H19NO6/c1-2-11-30-21-16-6-4-3-5-15(16)20(27)18-19(21)23(29)24(22(18)28)14-9-7-13(8-10-14)12-17(25)26/h3-10,27H,2,11-12H2,1H3,(H,25,26). The summed E-state index contributed by atoms with van der Waals surface area (Å²) in [6.07, 6.45) is 0.546. The monoisotopic (exact) mass is 405 g/mol. The van der Waals surface area contributed by atoms with E-state index in [1.165, 1.54) is 12.1 Å². The normalized spacial score (nSPS) is 13.0. The van der Waals surface area contributed by atoms with Crippen LogP contribution >= 0.6 is 0 Å². The van der Waals surface area contributed by atoms with Crippen molar-refractivity contribution >= 4 is 34.2 Å². The molecule has 0 saturated carbocycles. The maximum absolute atomic E-state index is 13.3. The summed E-state index contributed by atoms with van der Waals surface area (Å²) in [5, 5.41) is 20.7. The maximum atomic E-state index is 13.3. The van der Waals surface area contributed by atoms with E-state index in [2.05, 4.69) is 0 Å². The van der Waals surface area contributed by atoms with Crippen LogP contribution in [-0.2, 0) is 11.2 Å². The van der Waals surface area contributed by atoms with Crippen molar-refractivity contribution in [3.63, 3.8) is 0 Å². The van der Waals surface area contributed by atoms with Gasteiger partial charge in [0, 0.05) is 10.8 Å². The highest BCUT2D eigenvalue weighted by Crippen LogP contribution is 2.45. The lowest BCUT2D eigenvalue weighted by Crippen LogP contribution is -2.29. The van der Waals surface area contributed by atoms with Gasteiger partial charge in [0.25, 0.3) is 11.8 Å². The van der Waals surface area contributed by atoms with Gasteiger partial charge in [-0.2, -0.15) is 0 Å². The average Bonchev–Trinajstić information content (AvgIpc) is 2.99. The summed E-state index contributed by atoms with van der Waals surface area (Å²) in [5.41, 5.74) is 0.794. The van der Waals surface area contributed by atoms with Crippen molar-refractivity contribution in [2.75, 3.05) is 11.5 Å². The lowest BCUT2D eigenvalue weighted by atomic mass is 9.99. The summed E-state index contributed by atoms with van der Waals surface area (Å²) >= 11 is 0. The highest BCUT2D eigenvalue weighted by molar-refractivity contribution is 6.38. The number of anilines is 1. The Morgan fingerprint density at radius 1 is 0.967 bits per heavy atom. The van der Waals surface area contributed by atoms with Crippen LogP contribution in [0.25, 0.3) is 10.8 Å². The molecule has 0 aliphatic carbocycles. The number of imide groups is 1. The van der Waals surface area contributed by atoms with Crippen LogP contribution < -0.4 is 9.64 Å². The largest absolute Gasteiger partial charge is 0.506 e. The number of hydrogen-bond acceptors (Lipinski definition) is 5. The van der Waals surface area contributed by atoms with Gasteiger partial charge in [-0.05, 0) is 24.1 Å². The van der Waals surface area contributed by atoms with Gasteiger partial charge in [0.2, 0.25) is 0 Å². The van der Waals surface area contributed by atoms with Crippen molar-refractivity contribution in [3.8, 4) is 11.5 Å². The Kier molecular flexibility index (Phi) is 4.87. The molecule has 3 aromatic rings. The number of carbonyl (C=O) groups is 3. The first-order valence-electron chi connectivity index (χ1n) is 9.54. The Bertz CT molecular complexity index is 1180. The number of ether oxygens (including phenoxy) is 1. The molecule has 0 aromatic heterocycles. The van der Waals surface area contributed by atoms with Crippen molar-refractivity contribution in [2.24, 2.45) is 0 Å². The fourth-order valence-corrected chi connectivity index (χ4v) is 3.64. The van der Waals surface area contributed by atoms with E-state index in [9.17, 15) is 19.5 Å². The molecule has 0 atom stereocenters. The molecule has 1 aliphatic heterocycles. The number of amides is 2. The molecular weight excluding hydrogens is 386 g/mol. The summed E-state index contributed by atoms with van der Waals surface area (Å²) < 4.78 is 5.86. The highest BCUT2D eigenvalue weighted by Gasteiger charge is 2.43. The molecule has 4 rings (SSSR count). The van der Waals surface area contributed by atoms with Gasteiger partial charge in [-0.15, -0.1) is 0 Å². The summed E-state index contributed by atoms with van der Waals surface area (Å²) in [6, 6.07) is 13.1. The van der Waals surface area contributed by atoms with Gasteiger partial charge in [0.1, 0.15) is 11.5 Å². The number of carbonyl (C=O) groups excluding carboxylic acids is 2. The van der Waals surface area contributed by atoms with Gasteiger partial charge in [0.05, 0.1) is 29.8 Å². The summed E-state index contributed by atoms with van der Waals surface area (Å²) in [5.74, 6) is -2.19. The van der Waals surface area contributed by atoms with Gasteiger partial charge in [0.15, 0.2) is 0 Å². The molecule has 7 nitrogen and oxygen atoms in total. The van der Waals surface area contributed by atoms with E-state index >= 15 is 0 Å². The first kappa shape index (κ1) is 19.4. The number of phenolic OH excluding ortho intramolecular Hbond substituents is 1. The van der Waals surface area contributed by atoms with Crippen LogP contribution in [0.2, 0.25) is 0 Å². The van der Waals surface area contributed by atoms with Crippen molar-refractivity contribution in [1.82, 2.24) is 0 Å². The fourth-order valence-electron chi connectivity index (χ4n) is 3.64. The Balaban J connectivity index is 1.85. The molecule has 1 heterocycles. The molecular formula is C23H19NO6. The Labute approximate surface area is 172 Å². The fraction of sp³-hybridized carbons (Fsp3) is 0.174. The minimum Gasteiger partial charge on any atom is -0.506 e. The second-order valence-corrected chi connectivity index (χ2v) is 7.00. The van der Waals surface area contributed by atoms with E-state index in [0.717, 1.165) is 4.90 Å². The maximum Gasteiger partial charge on any atom is 0.307 e. The number of nitrogens with zero attached hydrogens (tertiary/aromatic N) is 1. The molecule has 30 heavy (non-hydrogen) atoms. The minimum atomic E-state index is -0.974. The van der Waals surface area contributed by atoms with E-state index in [-0.39, 0.29) is 29.0 Å². The van der Waals surface area contributed by atoms with Crippen molar-refractivity contribution in [2.45, 2.75) is 19.8 Å². The van der Waals surface area contributed by atoms with E-state index < -0.39 is 17.8 Å². The van der Waals surface area contributed by atoms with Crippen LogP contribution in [0, 0.1) is 0 Å². The van der Waals surface area contributed by atoms with Crippen LogP contribution in [0.3, 0.4) is 0 Å². The second-order valence-electron chi connectivity index (χ2n) is 7.00. The van der Waals surface area contributed by atoms with Gasteiger partial charge in [-0.25, -0.2) is 4.90 Å². The minimum absolute atomic E-state index is 0.0410. The molecule has 3 aromatic carbocycles. The summed E-state index contributed by atoms with van der Waals surface area (Å²) in [4.78, 5) is 38.3. The van der Waals surface area contributed by atoms with Crippen LogP contribution in [-0.4, -0.2) is 34.6 Å². The number of phenols is 1. The quantitative estimate of drug-likeness (QED) is 0.605. The number of carboxylic acid groups (broad SMARTS) is 1. The van der Waals surface area contributed by atoms with Gasteiger partial charge in [-0.1, -0.05) is 43.3 Å². The highest BCUT2D eigenvalue weighted by atomic mass is 16.5. The van der Waals surface area contributed by atoms with Crippen LogP contribution in [0.4, 0.5) is 5.69 Å². The van der Waals surface area contributed by atoms with Crippen LogP contribution in [0.5, 0.6) is 11.5 Å². The molecule has 152 valence electrons. The van der Waals surface area contributed by atoms with E-state index in [0.29, 0.717) is 35.1 Å². The Hall–Kier alpha value is -3.87. The molecule has 0 radical (unpaired) electrons. The third-order valence-electron chi connectivity index (χ3n) is 4.98. The lowest BCUT2D eigenvalue weighted by Gasteiger charge is -2.15. The Morgan fingerprint density at radius 3 is 2.23 bits per heavy atom. The van der Waals surface area contributed by atoms with Gasteiger partial charge >= 0.3 is 5.97 Å². The molecule has 0 unspecified atom stereocenters. The summed E-state index contributed by atoms with van der Waals surface area (Å²) in [7, 11) is 0. The van der Waals surface area contributed by atoms with Crippen LogP contribution in [0.15, 0.2) is 48.5 Å². The SMILES string of the molecule is CCCOc1c2c(c(O)c3ccccc13)C(=O)N(c1ccc(CC(=O)O)cc1)C2=O. The zero-order chi connectivity index (χ0) is 21.4. The number of aliphatic carboxylic acids is 1. The number of rotatable bonds is 6. The summed E-state index contributed by atoms with van der Waals surface area (Å²) in [6.45, 7) is 2.29. The predicted molar refractivity (Wildman–Crippen MR) is 110 cm³/mol. The number of fused-ring (bicyclic) bond motifs is 2. The number of carboxylic acids is 1. The van der Waals surface area contributed by atoms with Crippen LogP contribution in [0.1, 0.15) is 39.6 Å². The molecule has 1 aliphatic rings. The molecule has 0 bridgehead atoms. The molecule has 2 N–H and O–H groups in total. The molecule has 7 heteroatoms. The van der Waals surface area contributed by atoms with Gasteiger partial charge < -0.3 is 14.9 Å². The molecule has 0 fully saturated rings. The van der Waals surface area contributed by atoms with E-state index in [1.807, 2.05) is 6.92 Å². The molecule has 2 amide bonds. The van der Waals surface area contributed by atoms with Crippen molar-refractivity contribution in [3.05, 3.63) is 65.2 Å². The number of hydrogen-bond donors (Lipinski definition) is 2. The Morgan fingerprint density at radius 2 is 1.60 bits per heavy atom. The van der Waals surface area contributed by atoms with Gasteiger partial charge in [-0.3, -0.25) is 14.4 Å². The zero-order valence-corrected chi connectivity index (χ0v) is 16.2. The second kappa shape index (κ2) is 7.51. The molecule has 0 spiro atoms. The topological polar surface area (TPSA) is 104 Å². The van der Waals surface area contributed by atoms with Crippen molar-refractivity contribution in [1.29, 1.82) is 0 Å². The van der Waals surface area contributed by atoms with Crippen molar-refractivity contribution < 1.29 is 29.3 Å². The number of benzene rings is 3. The third-order valence-corrected chi connectivity index (χ3v) is 4.98. The molecule has 0 saturated heterocycles. The lowest BCUT2D eigenvalue weighted by molar-refractivity contribution is -0.136. The first-order valence-corrected chi connectivity index (χ1v) is 9.54. The predicted octanol–water partition coefficient (Wildman–Crippen LogP) is 3.76. The zero-order valence-electron chi connectivity index (χ0n) is 16.2. The van der Waals surface area contributed by atoms with E-state index in [4.69, 9.17) is 9.84 Å². The average molecular weight is 405 g/mol. The smallest absolute Gasteiger partial charge is 0.307 e.